The summed E-state index contributed by atoms with van der Waals surface area (Å²) in [6.45, 7) is 2.19. The van der Waals surface area contributed by atoms with Crippen molar-refractivity contribution in [3.8, 4) is 5.75 Å². The number of carboxylic acid groups (broad SMARTS) is 1. The highest BCUT2D eigenvalue weighted by atomic mass is 35.5. The first-order valence-corrected chi connectivity index (χ1v) is 6.65. The fraction of sp³-hybridized carbons (Fsp3) is 0.500. The van der Waals surface area contributed by atoms with Gasteiger partial charge in [0.15, 0.2) is 0 Å². The van der Waals surface area contributed by atoms with Crippen LogP contribution in [0.25, 0.3) is 0 Å². The molecule has 2 rings (SSSR count). The lowest BCUT2D eigenvalue weighted by Crippen LogP contribution is -2.28. The number of halogens is 1. The van der Waals surface area contributed by atoms with E-state index in [-0.39, 0.29) is 16.7 Å². The van der Waals surface area contributed by atoms with Gasteiger partial charge >= 0.3 is 5.97 Å². The van der Waals surface area contributed by atoms with E-state index in [1.807, 2.05) is 0 Å². The molecule has 1 fully saturated rings. The van der Waals surface area contributed by atoms with Crippen LogP contribution in [-0.4, -0.2) is 17.2 Å². The van der Waals surface area contributed by atoms with Gasteiger partial charge in [0, 0.05) is 0 Å². The van der Waals surface area contributed by atoms with Crippen LogP contribution in [0.15, 0.2) is 18.2 Å². The summed E-state index contributed by atoms with van der Waals surface area (Å²) in [5.74, 6) is 0.179. The number of rotatable bonds is 3. The molecule has 1 aliphatic rings. The van der Waals surface area contributed by atoms with Gasteiger partial charge in [-0.25, -0.2) is 4.79 Å². The molecule has 4 heteroatoms. The zero-order chi connectivity index (χ0) is 13.1. The summed E-state index contributed by atoms with van der Waals surface area (Å²) in [5, 5.41) is 9.12. The van der Waals surface area contributed by atoms with E-state index >= 15 is 0 Å². The predicted octanol–water partition coefficient (Wildman–Crippen LogP) is 4.00. The first kappa shape index (κ1) is 13.2. The van der Waals surface area contributed by atoms with Gasteiger partial charge in [-0.3, -0.25) is 0 Å². The molecular weight excluding hydrogens is 252 g/mol. The molecule has 1 aromatic rings. The first-order chi connectivity index (χ1) is 8.58. The molecule has 98 valence electrons. The number of carbonyl (C=O) groups is 1. The molecule has 2 atom stereocenters. The minimum Gasteiger partial charge on any atom is -0.490 e. The Kier molecular flexibility index (Phi) is 4.12. The summed E-state index contributed by atoms with van der Waals surface area (Å²) < 4.78 is 5.91. The van der Waals surface area contributed by atoms with Gasteiger partial charge in [-0.2, -0.15) is 0 Å². The standard InChI is InChI=1S/C14H17ClO3/c1-9-4-2-3-5-13(9)18-10-6-7-11(14(16)17)12(15)8-10/h6-9,13H,2-5H2,1H3,(H,16,17). The Labute approximate surface area is 112 Å². The van der Waals surface area contributed by atoms with E-state index < -0.39 is 5.97 Å². The molecule has 0 radical (unpaired) electrons. The van der Waals surface area contributed by atoms with Gasteiger partial charge in [-0.15, -0.1) is 0 Å². The maximum atomic E-state index is 10.8. The third kappa shape index (κ3) is 2.96. The highest BCUT2D eigenvalue weighted by Gasteiger charge is 2.23. The third-order valence-electron chi connectivity index (χ3n) is 3.49. The van der Waals surface area contributed by atoms with E-state index in [0.29, 0.717) is 11.7 Å². The van der Waals surface area contributed by atoms with E-state index in [9.17, 15) is 4.79 Å². The molecule has 0 amide bonds. The lowest BCUT2D eigenvalue weighted by molar-refractivity contribution is 0.0697. The van der Waals surface area contributed by atoms with E-state index in [1.165, 1.54) is 25.3 Å². The minimum atomic E-state index is -1.02. The van der Waals surface area contributed by atoms with Crippen molar-refractivity contribution in [2.45, 2.75) is 38.7 Å². The maximum Gasteiger partial charge on any atom is 0.337 e. The molecule has 0 spiro atoms. The smallest absolute Gasteiger partial charge is 0.337 e. The Hall–Kier alpha value is -1.22. The molecule has 3 nitrogen and oxygen atoms in total. The Bertz CT molecular complexity index is 445. The number of benzene rings is 1. The maximum absolute atomic E-state index is 10.8. The van der Waals surface area contributed by atoms with Crippen molar-refractivity contribution in [3.05, 3.63) is 28.8 Å². The van der Waals surface area contributed by atoms with Crippen molar-refractivity contribution in [1.82, 2.24) is 0 Å². The Morgan fingerprint density at radius 1 is 1.39 bits per heavy atom. The summed E-state index contributed by atoms with van der Waals surface area (Å²) >= 11 is 5.92. The van der Waals surface area contributed by atoms with Gasteiger partial charge in [0.05, 0.1) is 10.6 Å². The van der Waals surface area contributed by atoms with Crippen molar-refractivity contribution in [3.63, 3.8) is 0 Å². The van der Waals surface area contributed by atoms with E-state index in [4.69, 9.17) is 21.4 Å². The van der Waals surface area contributed by atoms with Crippen molar-refractivity contribution in [1.29, 1.82) is 0 Å². The SMILES string of the molecule is CC1CCCCC1Oc1ccc(C(=O)O)c(Cl)c1. The van der Waals surface area contributed by atoms with Gasteiger partial charge < -0.3 is 9.84 Å². The van der Waals surface area contributed by atoms with Crippen molar-refractivity contribution < 1.29 is 14.6 Å². The van der Waals surface area contributed by atoms with Gasteiger partial charge in [-0.1, -0.05) is 24.9 Å². The van der Waals surface area contributed by atoms with Gasteiger partial charge in [0.2, 0.25) is 0 Å². The molecule has 2 unspecified atom stereocenters. The molecule has 0 heterocycles. The first-order valence-electron chi connectivity index (χ1n) is 6.27. The predicted molar refractivity (Wildman–Crippen MR) is 70.5 cm³/mol. The van der Waals surface area contributed by atoms with Gasteiger partial charge in [0.25, 0.3) is 0 Å². The van der Waals surface area contributed by atoms with Crippen LogP contribution in [0, 0.1) is 5.92 Å². The number of hydrogen-bond donors (Lipinski definition) is 1. The number of ether oxygens (including phenoxy) is 1. The molecular formula is C14H17ClO3. The average Bonchev–Trinajstić information content (AvgIpc) is 2.32. The van der Waals surface area contributed by atoms with Crippen LogP contribution in [0.3, 0.4) is 0 Å². The second-order valence-corrected chi connectivity index (χ2v) is 5.27. The molecule has 0 bridgehead atoms. The Morgan fingerprint density at radius 2 is 2.11 bits per heavy atom. The second-order valence-electron chi connectivity index (χ2n) is 4.86. The van der Waals surface area contributed by atoms with Crippen LogP contribution in [0.5, 0.6) is 5.75 Å². The molecule has 18 heavy (non-hydrogen) atoms. The van der Waals surface area contributed by atoms with Crippen LogP contribution >= 0.6 is 11.6 Å². The topological polar surface area (TPSA) is 46.5 Å². The van der Waals surface area contributed by atoms with E-state index in [1.54, 1.807) is 12.1 Å². The highest BCUT2D eigenvalue weighted by Crippen LogP contribution is 2.30. The summed E-state index contributed by atoms with van der Waals surface area (Å²) in [7, 11) is 0. The zero-order valence-electron chi connectivity index (χ0n) is 10.4. The lowest BCUT2D eigenvalue weighted by atomic mass is 9.88. The molecule has 1 aromatic carbocycles. The highest BCUT2D eigenvalue weighted by molar-refractivity contribution is 6.33. The van der Waals surface area contributed by atoms with E-state index in [0.717, 1.165) is 6.42 Å². The molecule has 0 aromatic heterocycles. The molecule has 0 aliphatic heterocycles. The quantitative estimate of drug-likeness (QED) is 0.901. The molecule has 1 saturated carbocycles. The lowest BCUT2D eigenvalue weighted by Gasteiger charge is -2.29. The van der Waals surface area contributed by atoms with Gasteiger partial charge in [-0.05, 0) is 43.4 Å². The number of carboxylic acids is 1. The molecule has 1 aliphatic carbocycles. The monoisotopic (exact) mass is 268 g/mol. The van der Waals surface area contributed by atoms with Crippen LogP contribution in [-0.2, 0) is 0 Å². The third-order valence-corrected chi connectivity index (χ3v) is 3.80. The van der Waals surface area contributed by atoms with Crippen molar-refractivity contribution in [2.24, 2.45) is 5.92 Å². The fourth-order valence-corrected chi connectivity index (χ4v) is 2.63. The van der Waals surface area contributed by atoms with Crippen LogP contribution in [0.2, 0.25) is 5.02 Å². The largest absolute Gasteiger partial charge is 0.490 e. The van der Waals surface area contributed by atoms with Crippen molar-refractivity contribution in [2.75, 3.05) is 0 Å². The molecule has 1 N–H and O–H groups in total. The van der Waals surface area contributed by atoms with Gasteiger partial charge in [0.1, 0.15) is 11.9 Å². The second kappa shape index (κ2) is 5.61. The fourth-order valence-electron chi connectivity index (χ4n) is 2.37. The normalized spacial score (nSPS) is 23.7. The summed E-state index contributed by atoms with van der Waals surface area (Å²) in [4.78, 5) is 10.8. The number of hydrogen-bond acceptors (Lipinski definition) is 2. The van der Waals surface area contributed by atoms with E-state index in [2.05, 4.69) is 6.92 Å². The average molecular weight is 269 g/mol. The van der Waals surface area contributed by atoms with Crippen LogP contribution in [0.4, 0.5) is 0 Å². The Morgan fingerprint density at radius 3 is 2.72 bits per heavy atom. The summed E-state index contributed by atoms with van der Waals surface area (Å²) in [5.41, 5.74) is 0.112. The minimum absolute atomic E-state index is 0.112. The summed E-state index contributed by atoms with van der Waals surface area (Å²) in [6.07, 6.45) is 4.91. The zero-order valence-corrected chi connectivity index (χ0v) is 11.1. The Balaban J connectivity index is 2.10. The van der Waals surface area contributed by atoms with Crippen LogP contribution < -0.4 is 4.74 Å². The van der Waals surface area contributed by atoms with Crippen molar-refractivity contribution >= 4 is 17.6 Å². The molecule has 0 saturated heterocycles. The summed E-state index contributed by atoms with van der Waals surface area (Å²) in [6, 6.07) is 4.76. The van der Waals surface area contributed by atoms with Crippen LogP contribution in [0.1, 0.15) is 43.0 Å². The number of aromatic carboxylic acids is 1.